The lowest BCUT2D eigenvalue weighted by Gasteiger charge is -2.13. The molecule has 1 N–H and O–H groups in total. The van der Waals surface area contributed by atoms with Gasteiger partial charge in [-0.2, -0.15) is 0 Å². The van der Waals surface area contributed by atoms with Gasteiger partial charge in [-0.3, -0.25) is 19.0 Å². The molecule has 33 heavy (non-hydrogen) atoms. The van der Waals surface area contributed by atoms with Gasteiger partial charge in [0.1, 0.15) is 0 Å². The Bertz CT molecular complexity index is 1210. The highest BCUT2D eigenvalue weighted by molar-refractivity contribution is 7.99. The summed E-state index contributed by atoms with van der Waals surface area (Å²) in [5.74, 6) is -0.353. The third-order valence-corrected chi connectivity index (χ3v) is 5.98. The lowest BCUT2D eigenvalue weighted by atomic mass is 10.1. The molecule has 0 spiro atoms. The Morgan fingerprint density at radius 1 is 1.09 bits per heavy atom. The normalized spacial score (nSPS) is 11.0. The largest absolute Gasteiger partial charge is 0.383 e. The van der Waals surface area contributed by atoms with E-state index in [0.717, 1.165) is 11.8 Å². The summed E-state index contributed by atoms with van der Waals surface area (Å²) in [7, 11) is 3.10. The van der Waals surface area contributed by atoms with Crippen molar-refractivity contribution in [1.82, 2.24) is 14.9 Å². The summed E-state index contributed by atoms with van der Waals surface area (Å²) in [5.41, 5.74) is 0.981. The van der Waals surface area contributed by atoms with Crippen LogP contribution < -0.4 is 10.9 Å². The van der Waals surface area contributed by atoms with Crippen molar-refractivity contribution in [1.29, 1.82) is 0 Å². The van der Waals surface area contributed by atoms with E-state index in [4.69, 9.17) is 21.1 Å². The fourth-order valence-corrected chi connectivity index (χ4v) is 4.19. The zero-order valence-electron chi connectivity index (χ0n) is 18.3. The lowest BCUT2D eigenvalue weighted by Crippen LogP contribution is -2.28. The minimum Gasteiger partial charge on any atom is -0.383 e. The van der Waals surface area contributed by atoms with E-state index in [1.807, 2.05) is 0 Å². The zero-order chi connectivity index (χ0) is 23.8. The van der Waals surface area contributed by atoms with Gasteiger partial charge in [0.15, 0.2) is 10.9 Å². The molecule has 0 saturated carbocycles. The van der Waals surface area contributed by atoms with Gasteiger partial charge in [-0.05, 0) is 30.3 Å². The van der Waals surface area contributed by atoms with Crippen LogP contribution in [0, 0.1) is 0 Å². The number of thioether (sulfide) groups is 1. The first-order valence-corrected chi connectivity index (χ1v) is 11.5. The van der Waals surface area contributed by atoms with Gasteiger partial charge >= 0.3 is 0 Å². The van der Waals surface area contributed by atoms with Crippen LogP contribution in [0.1, 0.15) is 20.7 Å². The number of nitrogens with one attached hydrogen (secondary N) is 1. The van der Waals surface area contributed by atoms with E-state index in [-0.39, 0.29) is 29.5 Å². The molecule has 0 fully saturated rings. The van der Waals surface area contributed by atoms with Gasteiger partial charge in [-0.1, -0.05) is 35.5 Å². The number of benzene rings is 2. The molecule has 174 valence electrons. The maximum atomic E-state index is 13.1. The summed E-state index contributed by atoms with van der Waals surface area (Å²) < 4.78 is 11.6. The molecule has 8 nitrogen and oxygen atoms in total. The Morgan fingerprint density at radius 3 is 2.61 bits per heavy atom. The van der Waals surface area contributed by atoms with Gasteiger partial charge in [-0.25, -0.2) is 4.98 Å². The molecule has 0 atom stereocenters. The number of hydrogen-bond donors (Lipinski definition) is 1. The first-order valence-electron chi connectivity index (χ1n) is 10.2. The van der Waals surface area contributed by atoms with Gasteiger partial charge in [0, 0.05) is 36.9 Å². The van der Waals surface area contributed by atoms with Crippen molar-refractivity contribution in [2.75, 3.05) is 39.7 Å². The highest BCUT2D eigenvalue weighted by Crippen LogP contribution is 2.21. The van der Waals surface area contributed by atoms with E-state index < -0.39 is 0 Å². The topological polar surface area (TPSA) is 99.5 Å². The van der Waals surface area contributed by atoms with Crippen LogP contribution >= 0.6 is 23.4 Å². The van der Waals surface area contributed by atoms with Crippen LogP contribution in [0.2, 0.25) is 5.02 Å². The Kier molecular flexibility index (Phi) is 9.02. The molecule has 0 aliphatic carbocycles. The molecule has 0 radical (unpaired) electrons. The van der Waals surface area contributed by atoms with Crippen LogP contribution in [0.5, 0.6) is 0 Å². The molecule has 1 heterocycles. The number of halogens is 1. The molecule has 3 rings (SSSR count). The van der Waals surface area contributed by atoms with Gasteiger partial charge in [0.2, 0.25) is 0 Å². The van der Waals surface area contributed by atoms with Gasteiger partial charge in [-0.15, -0.1) is 0 Å². The van der Waals surface area contributed by atoms with E-state index in [2.05, 4.69) is 10.3 Å². The zero-order valence-corrected chi connectivity index (χ0v) is 19.9. The molecule has 3 aromatic rings. The smallest absolute Gasteiger partial charge is 0.262 e. The van der Waals surface area contributed by atoms with Crippen LogP contribution in [0.4, 0.5) is 0 Å². The van der Waals surface area contributed by atoms with Crippen molar-refractivity contribution in [3.63, 3.8) is 0 Å². The van der Waals surface area contributed by atoms with Crippen LogP contribution in [0.3, 0.4) is 0 Å². The van der Waals surface area contributed by atoms with Crippen LogP contribution in [-0.4, -0.2) is 61.0 Å². The summed E-state index contributed by atoms with van der Waals surface area (Å²) in [4.78, 5) is 42.8. The first-order chi connectivity index (χ1) is 15.9. The Hall–Kier alpha value is -2.72. The molecular formula is C23H24ClN3O5S. The van der Waals surface area contributed by atoms with Crippen molar-refractivity contribution in [3.05, 3.63) is 69.0 Å². The molecule has 0 bridgehead atoms. The molecule has 1 amide bonds. The molecule has 0 aliphatic heterocycles. The van der Waals surface area contributed by atoms with Crippen molar-refractivity contribution in [2.45, 2.75) is 11.7 Å². The predicted molar refractivity (Wildman–Crippen MR) is 129 cm³/mol. The maximum Gasteiger partial charge on any atom is 0.262 e. The quantitative estimate of drug-likeness (QED) is 0.191. The molecule has 10 heteroatoms. The number of ether oxygens (including phenoxy) is 2. The fraction of sp³-hybridized carbons (Fsp3) is 0.304. The Morgan fingerprint density at radius 2 is 1.88 bits per heavy atom. The maximum absolute atomic E-state index is 13.1. The number of methoxy groups -OCH3 is 2. The number of Topliss-reactive ketones (excluding diaryl/α,β-unsaturated/α-hetero) is 1. The summed E-state index contributed by atoms with van der Waals surface area (Å²) in [6, 6.07) is 11.4. The third-order valence-electron chi connectivity index (χ3n) is 4.77. The number of nitrogens with zero attached hydrogens (tertiary/aromatic N) is 2. The van der Waals surface area contributed by atoms with Crippen molar-refractivity contribution < 1.29 is 19.1 Å². The van der Waals surface area contributed by atoms with Crippen LogP contribution in [0.25, 0.3) is 10.9 Å². The molecule has 0 aliphatic rings. The standard InChI is InChI=1S/C23H24ClN3O5S/c1-31-10-8-25-21(29)16-6-7-18-19(13-16)26-23(27(22(18)30)9-11-32-2)33-14-20(28)15-4-3-5-17(24)12-15/h3-7,12-13H,8-11,14H2,1-2H3,(H,25,29). The van der Waals surface area contributed by atoms with Crippen molar-refractivity contribution >= 4 is 46.0 Å². The summed E-state index contributed by atoms with van der Waals surface area (Å²) in [6.45, 7) is 1.35. The van der Waals surface area contributed by atoms with Gasteiger partial charge in [0.25, 0.3) is 11.5 Å². The van der Waals surface area contributed by atoms with Gasteiger partial charge < -0.3 is 14.8 Å². The number of aromatic nitrogens is 2. The number of ketones is 1. The SMILES string of the molecule is COCCNC(=O)c1ccc2c(=O)n(CCOC)c(SCC(=O)c3cccc(Cl)c3)nc2c1. The number of carbonyl (C=O) groups excluding carboxylic acids is 2. The molecule has 1 aromatic heterocycles. The second-order valence-corrected chi connectivity index (χ2v) is 8.43. The predicted octanol–water partition coefficient (Wildman–Crippen LogP) is 3.05. The molecule has 0 unspecified atom stereocenters. The average Bonchev–Trinajstić information content (AvgIpc) is 2.81. The summed E-state index contributed by atoms with van der Waals surface area (Å²) in [6.07, 6.45) is 0. The second kappa shape index (κ2) is 11.9. The molecule has 2 aromatic carbocycles. The van der Waals surface area contributed by atoms with E-state index in [0.29, 0.717) is 52.0 Å². The number of carbonyl (C=O) groups is 2. The second-order valence-electron chi connectivity index (χ2n) is 7.05. The molecular weight excluding hydrogens is 466 g/mol. The average molecular weight is 490 g/mol. The Labute approximate surface area is 200 Å². The van der Waals surface area contributed by atoms with E-state index >= 15 is 0 Å². The highest BCUT2D eigenvalue weighted by Gasteiger charge is 2.16. The van der Waals surface area contributed by atoms with E-state index in [9.17, 15) is 14.4 Å². The van der Waals surface area contributed by atoms with Gasteiger partial charge in [0.05, 0.1) is 36.4 Å². The number of amides is 1. The summed E-state index contributed by atoms with van der Waals surface area (Å²) in [5, 5.41) is 3.97. The number of hydrogen-bond acceptors (Lipinski definition) is 7. The van der Waals surface area contributed by atoms with E-state index in [1.54, 1.807) is 56.7 Å². The highest BCUT2D eigenvalue weighted by atomic mass is 35.5. The van der Waals surface area contributed by atoms with Crippen LogP contribution in [0.15, 0.2) is 52.4 Å². The Balaban J connectivity index is 1.92. The fourth-order valence-electron chi connectivity index (χ4n) is 3.08. The summed E-state index contributed by atoms with van der Waals surface area (Å²) >= 11 is 7.14. The van der Waals surface area contributed by atoms with Crippen molar-refractivity contribution in [2.24, 2.45) is 0 Å². The monoisotopic (exact) mass is 489 g/mol. The van der Waals surface area contributed by atoms with Crippen molar-refractivity contribution in [3.8, 4) is 0 Å². The lowest BCUT2D eigenvalue weighted by molar-refractivity contribution is 0.0936. The van der Waals surface area contributed by atoms with E-state index in [1.165, 1.54) is 4.57 Å². The van der Waals surface area contributed by atoms with Crippen LogP contribution in [-0.2, 0) is 16.0 Å². The first kappa shape index (κ1) is 24.9. The third kappa shape index (κ3) is 6.42. The minimum atomic E-state index is -0.287. The number of fused-ring (bicyclic) bond motifs is 1. The minimum absolute atomic E-state index is 0.0719. The molecule has 0 saturated heterocycles. The number of rotatable bonds is 11.